The zero-order chi connectivity index (χ0) is 16.1. The van der Waals surface area contributed by atoms with Gasteiger partial charge >= 0.3 is 0 Å². The van der Waals surface area contributed by atoms with Crippen LogP contribution in [0.15, 0.2) is 60.7 Å². The Bertz CT molecular complexity index is 887. The highest BCUT2D eigenvalue weighted by Crippen LogP contribution is 2.49. The third-order valence-corrected chi connectivity index (χ3v) is 5.05. The van der Waals surface area contributed by atoms with E-state index in [4.69, 9.17) is 16.6 Å². The van der Waals surface area contributed by atoms with Crippen molar-refractivity contribution in [3.8, 4) is 0 Å². The average Bonchev–Trinajstić information content (AvgIpc) is 2.53. The van der Waals surface area contributed by atoms with Gasteiger partial charge in [-0.05, 0) is 38.5 Å². The molecule has 0 amide bonds. The maximum atomic E-state index is 7.21. The molecule has 1 aromatic heterocycles. The summed E-state index contributed by atoms with van der Waals surface area (Å²) >= 11 is 7.21. The smallest absolute Gasteiger partial charge is 0.116 e. The molecule has 1 atom stereocenters. The Hall–Kier alpha value is -2.06. The van der Waals surface area contributed by atoms with Crippen LogP contribution in [0.4, 0.5) is 5.69 Å². The molecule has 2 aromatic carbocycles. The lowest BCUT2D eigenvalue weighted by Gasteiger charge is -2.43. The summed E-state index contributed by atoms with van der Waals surface area (Å²) in [6.07, 6.45) is 0.782. The highest BCUT2D eigenvalue weighted by atomic mass is 35.5. The first kappa shape index (κ1) is 14.5. The minimum atomic E-state index is -0.616. The molecule has 1 aliphatic rings. The van der Waals surface area contributed by atoms with Gasteiger partial charge in [0.15, 0.2) is 0 Å². The van der Waals surface area contributed by atoms with Gasteiger partial charge in [0.2, 0.25) is 0 Å². The standard InChI is InChI=1S/C20H19ClN2/c1-19(2)13-20(21,15-8-4-6-10-17(15)23-19)18-12-11-14-7-3-5-9-16(14)22-18/h3-12,23H,13H2,1-2H3. The van der Waals surface area contributed by atoms with E-state index in [0.29, 0.717) is 0 Å². The van der Waals surface area contributed by atoms with Gasteiger partial charge in [-0.3, -0.25) is 4.98 Å². The number of benzene rings is 2. The zero-order valence-electron chi connectivity index (χ0n) is 13.3. The fourth-order valence-corrected chi connectivity index (χ4v) is 4.17. The van der Waals surface area contributed by atoms with Gasteiger partial charge < -0.3 is 5.32 Å². The van der Waals surface area contributed by atoms with Crippen molar-refractivity contribution in [3.63, 3.8) is 0 Å². The number of hydrogen-bond acceptors (Lipinski definition) is 2. The number of pyridine rings is 1. The van der Waals surface area contributed by atoms with E-state index in [1.807, 2.05) is 30.3 Å². The summed E-state index contributed by atoms with van der Waals surface area (Å²) in [5.41, 5.74) is 4.00. The van der Waals surface area contributed by atoms with Crippen LogP contribution in [0.2, 0.25) is 0 Å². The van der Waals surface area contributed by atoms with Crippen molar-refractivity contribution < 1.29 is 0 Å². The van der Waals surface area contributed by atoms with Crippen LogP contribution in [-0.4, -0.2) is 10.5 Å². The first-order chi connectivity index (χ1) is 11.0. The third kappa shape index (κ3) is 2.38. The fraction of sp³-hybridized carbons (Fsp3) is 0.250. The van der Waals surface area contributed by atoms with E-state index >= 15 is 0 Å². The molecule has 23 heavy (non-hydrogen) atoms. The van der Waals surface area contributed by atoms with Gasteiger partial charge in [-0.1, -0.05) is 42.5 Å². The Morgan fingerprint density at radius 3 is 2.57 bits per heavy atom. The Balaban J connectivity index is 1.94. The molecular weight excluding hydrogens is 304 g/mol. The van der Waals surface area contributed by atoms with Gasteiger partial charge in [0.1, 0.15) is 4.87 Å². The second-order valence-electron chi connectivity index (χ2n) is 6.92. The minimum Gasteiger partial charge on any atom is -0.380 e. The van der Waals surface area contributed by atoms with Crippen LogP contribution < -0.4 is 5.32 Å². The molecule has 0 bridgehead atoms. The van der Waals surface area contributed by atoms with E-state index in [0.717, 1.165) is 34.3 Å². The number of anilines is 1. The van der Waals surface area contributed by atoms with Crippen molar-refractivity contribution in [2.45, 2.75) is 30.7 Å². The Labute approximate surface area is 141 Å². The summed E-state index contributed by atoms with van der Waals surface area (Å²) in [5, 5.41) is 4.72. The second kappa shape index (κ2) is 4.97. The molecule has 116 valence electrons. The minimum absolute atomic E-state index is 0.0938. The first-order valence-corrected chi connectivity index (χ1v) is 8.29. The van der Waals surface area contributed by atoms with Gasteiger partial charge in [0.25, 0.3) is 0 Å². The van der Waals surface area contributed by atoms with Crippen LogP contribution in [0.5, 0.6) is 0 Å². The van der Waals surface area contributed by atoms with Crippen LogP contribution in [0.1, 0.15) is 31.5 Å². The molecular formula is C20H19ClN2. The van der Waals surface area contributed by atoms with Gasteiger partial charge in [-0.2, -0.15) is 0 Å². The molecule has 0 saturated heterocycles. The molecule has 1 N–H and O–H groups in total. The molecule has 0 radical (unpaired) electrons. The summed E-state index contributed by atoms with van der Waals surface area (Å²) in [5.74, 6) is 0. The van der Waals surface area contributed by atoms with Crippen molar-refractivity contribution in [2.24, 2.45) is 0 Å². The number of nitrogens with zero attached hydrogens (tertiary/aromatic N) is 1. The molecule has 0 spiro atoms. The van der Waals surface area contributed by atoms with E-state index in [1.54, 1.807) is 0 Å². The number of aromatic nitrogens is 1. The molecule has 3 heteroatoms. The number of hydrogen-bond donors (Lipinski definition) is 1. The largest absolute Gasteiger partial charge is 0.380 e. The van der Waals surface area contributed by atoms with Crippen LogP contribution in [-0.2, 0) is 4.87 Å². The fourth-order valence-electron chi connectivity index (χ4n) is 3.57. The summed E-state index contributed by atoms with van der Waals surface area (Å²) in [4.78, 5) is 4.26. The quantitative estimate of drug-likeness (QED) is 0.614. The van der Waals surface area contributed by atoms with Gasteiger partial charge in [0, 0.05) is 22.2 Å². The van der Waals surface area contributed by atoms with Gasteiger partial charge in [-0.25, -0.2) is 0 Å². The van der Waals surface area contributed by atoms with E-state index in [1.165, 1.54) is 0 Å². The molecule has 1 aliphatic heterocycles. The lowest BCUT2D eigenvalue weighted by molar-refractivity contribution is 0.433. The lowest BCUT2D eigenvalue weighted by atomic mass is 9.78. The Kier molecular flexibility index (Phi) is 3.14. The summed E-state index contributed by atoms with van der Waals surface area (Å²) in [6.45, 7) is 4.36. The number of alkyl halides is 1. The molecule has 4 rings (SSSR count). The number of halogens is 1. The molecule has 0 aliphatic carbocycles. The molecule has 1 unspecified atom stereocenters. The van der Waals surface area contributed by atoms with Crippen LogP contribution in [0.3, 0.4) is 0 Å². The predicted octanol–water partition coefficient (Wildman–Crippen LogP) is 5.31. The number of para-hydroxylation sites is 2. The Morgan fingerprint density at radius 1 is 0.957 bits per heavy atom. The van der Waals surface area contributed by atoms with E-state index in [2.05, 4.69) is 49.5 Å². The van der Waals surface area contributed by atoms with Gasteiger partial charge in [0.05, 0.1) is 11.2 Å². The van der Waals surface area contributed by atoms with Crippen molar-refractivity contribution in [2.75, 3.05) is 5.32 Å². The summed E-state index contributed by atoms with van der Waals surface area (Å²) in [6, 6.07) is 20.6. The lowest BCUT2D eigenvalue weighted by Crippen LogP contribution is -2.44. The number of fused-ring (bicyclic) bond motifs is 2. The first-order valence-electron chi connectivity index (χ1n) is 7.91. The maximum Gasteiger partial charge on any atom is 0.116 e. The Morgan fingerprint density at radius 2 is 1.70 bits per heavy atom. The third-order valence-electron chi connectivity index (χ3n) is 4.52. The predicted molar refractivity (Wildman–Crippen MR) is 97.1 cm³/mol. The van der Waals surface area contributed by atoms with Crippen molar-refractivity contribution in [1.29, 1.82) is 0 Å². The van der Waals surface area contributed by atoms with Crippen molar-refractivity contribution in [1.82, 2.24) is 4.98 Å². The van der Waals surface area contributed by atoms with Crippen LogP contribution in [0.25, 0.3) is 10.9 Å². The zero-order valence-corrected chi connectivity index (χ0v) is 14.1. The van der Waals surface area contributed by atoms with Gasteiger partial charge in [-0.15, -0.1) is 11.6 Å². The molecule has 2 heterocycles. The molecule has 0 saturated carbocycles. The van der Waals surface area contributed by atoms with E-state index in [-0.39, 0.29) is 5.54 Å². The highest BCUT2D eigenvalue weighted by molar-refractivity contribution is 6.26. The molecule has 2 nitrogen and oxygen atoms in total. The van der Waals surface area contributed by atoms with Crippen LogP contribution in [0, 0.1) is 0 Å². The average molecular weight is 323 g/mol. The van der Waals surface area contributed by atoms with Crippen LogP contribution >= 0.6 is 11.6 Å². The summed E-state index contributed by atoms with van der Waals surface area (Å²) < 4.78 is 0. The normalized spacial score (nSPS) is 22.4. The molecule has 0 fully saturated rings. The second-order valence-corrected chi connectivity index (χ2v) is 7.57. The highest BCUT2D eigenvalue weighted by Gasteiger charge is 2.44. The van der Waals surface area contributed by atoms with E-state index < -0.39 is 4.87 Å². The van der Waals surface area contributed by atoms with E-state index in [9.17, 15) is 0 Å². The van der Waals surface area contributed by atoms with Crippen molar-refractivity contribution >= 4 is 28.2 Å². The maximum absolute atomic E-state index is 7.21. The topological polar surface area (TPSA) is 24.9 Å². The molecule has 3 aromatic rings. The SMILES string of the molecule is CC1(C)CC(Cl)(c2ccc3ccccc3n2)c2ccccc2N1. The number of rotatable bonds is 1. The monoisotopic (exact) mass is 322 g/mol. The van der Waals surface area contributed by atoms with Crippen molar-refractivity contribution in [3.05, 3.63) is 71.9 Å². The summed E-state index contributed by atoms with van der Waals surface area (Å²) in [7, 11) is 0. The number of nitrogens with one attached hydrogen (secondary N) is 1.